The van der Waals surface area contributed by atoms with Crippen molar-refractivity contribution in [1.82, 2.24) is 62.6 Å². The fraction of sp³-hybridized carbons (Fsp3) is 0.537. The van der Waals surface area contributed by atoms with Crippen molar-refractivity contribution in [3.63, 3.8) is 0 Å². The highest BCUT2D eigenvalue weighted by Crippen LogP contribution is 2.15. The maximum absolute atomic E-state index is 14.6. The van der Waals surface area contributed by atoms with Crippen LogP contribution in [0, 0.1) is 11.8 Å². The number of nitrogens with two attached hydrogens (primary N) is 1. The number of nitrogens with zero attached hydrogens (tertiary/aromatic N) is 3. The van der Waals surface area contributed by atoms with Crippen LogP contribution in [0.3, 0.4) is 0 Å². The molecular formula is C54H79N13O14. The molecule has 0 spiro atoms. The number of hydrogen-bond donors (Lipinski definition) is 11. The Morgan fingerprint density at radius 2 is 1.26 bits per heavy atom. The molecule has 444 valence electrons. The molecule has 1 heterocycles. The average molecular weight is 1130 g/mol. The number of nitrogens with one attached hydrogen (secondary N) is 9. The summed E-state index contributed by atoms with van der Waals surface area (Å²) in [5.74, 6) is -12.3. The minimum Gasteiger partial charge on any atom is -0.394 e. The van der Waals surface area contributed by atoms with Crippen molar-refractivity contribution >= 4 is 76.8 Å². The molecule has 2 aromatic rings. The number of amides is 13. The summed E-state index contributed by atoms with van der Waals surface area (Å²) in [6.45, 7) is 7.83. The van der Waals surface area contributed by atoms with Gasteiger partial charge in [0, 0.05) is 34.0 Å². The van der Waals surface area contributed by atoms with E-state index in [1.807, 2.05) is 13.8 Å². The molecule has 27 heteroatoms. The molecule has 0 aliphatic carbocycles. The van der Waals surface area contributed by atoms with Crippen LogP contribution in [-0.4, -0.2) is 198 Å². The van der Waals surface area contributed by atoms with Crippen LogP contribution in [0.2, 0.25) is 0 Å². The van der Waals surface area contributed by atoms with Gasteiger partial charge in [-0.3, -0.25) is 62.3 Å². The third kappa shape index (κ3) is 20.9. The van der Waals surface area contributed by atoms with Crippen molar-refractivity contribution in [2.75, 3.05) is 47.4 Å². The Hall–Kier alpha value is -8.49. The maximum Gasteiger partial charge on any atom is 0.246 e. The number of aliphatic hydroxyl groups excluding tert-OH is 1. The SMILES string of the molecule is CC(C)C[C@H]1C(=O)N[C@@H](C)C(=O)N[C@@H](C(C)C)C(=O)N[C@@H](Cc2ccccc2)C(=O)N[C@H](C(=O)N(C)C(C)C(=O)NC(CO)C(=O)NCC(N)=O)CC(=O)NCC(=O)N[C@@H](C)C(=O)N(C)[C@@H](Cc2ccccc2)C(=O)NCC(=O)N1C. The molecule has 1 saturated heterocycles. The first-order valence-electron chi connectivity index (χ1n) is 26.5. The average Bonchev–Trinajstić information content (AvgIpc) is 3.45. The van der Waals surface area contributed by atoms with Crippen molar-refractivity contribution < 1.29 is 67.4 Å². The number of benzene rings is 2. The third-order valence-electron chi connectivity index (χ3n) is 13.3. The molecule has 2 aromatic carbocycles. The van der Waals surface area contributed by atoms with Crippen molar-refractivity contribution in [2.24, 2.45) is 17.6 Å². The fourth-order valence-electron chi connectivity index (χ4n) is 8.34. The van der Waals surface area contributed by atoms with Crippen LogP contribution >= 0.6 is 0 Å². The molecule has 0 aromatic heterocycles. The van der Waals surface area contributed by atoms with Crippen LogP contribution in [0.15, 0.2) is 60.7 Å². The minimum atomic E-state index is -1.85. The van der Waals surface area contributed by atoms with E-state index in [2.05, 4.69) is 47.9 Å². The lowest BCUT2D eigenvalue weighted by Gasteiger charge is -2.32. The van der Waals surface area contributed by atoms with Crippen LogP contribution in [-0.2, 0) is 75.2 Å². The predicted molar refractivity (Wildman–Crippen MR) is 293 cm³/mol. The molecular weight excluding hydrogens is 1050 g/mol. The second kappa shape index (κ2) is 31.9. The molecule has 1 aliphatic heterocycles. The van der Waals surface area contributed by atoms with Gasteiger partial charge in [-0.15, -0.1) is 0 Å². The van der Waals surface area contributed by atoms with Gasteiger partial charge in [0.1, 0.15) is 54.4 Å². The van der Waals surface area contributed by atoms with Crippen molar-refractivity contribution in [2.45, 2.75) is 129 Å². The van der Waals surface area contributed by atoms with E-state index in [-0.39, 0.29) is 25.2 Å². The summed E-state index contributed by atoms with van der Waals surface area (Å²) in [4.78, 5) is 180. The zero-order valence-electron chi connectivity index (χ0n) is 47.5. The van der Waals surface area contributed by atoms with E-state index in [9.17, 15) is 67.4 Å². The lowest BCUT2D eigenvalue weighted by Crippen LogP contribution is -2.61. The van der Waals surface area contributed by atoms with Crippen LogP contribution in [0.5, 0.6) is 0 Å². The normalized spacial score (nSPS) is 22.7. The van der Waals surface area contributed by atoms with Gasteiger partial charge in [-0.1, -0.05) is 88.4 Å². The Labute approximate surface area is 470 Å². The molecule has 2 unspecified atom stereocenters. The minimum absolute atomic E-state index is 0.0336. The Morgan fingerprint density at radius 1 is 0.667 bits per heavy atom. The van der Waals surface area contributed by atoms with E-state index in [0.717, 1.165) is 21.7 Å². The lowest BCUT2D eigenvalue weighted by molar-refractivity contribution is -0.144. The highest BCUT2D eigenvalue weighted by Gasteiger charge is 2.38. The third-order valence-corrected chi connectivity index (χ3v) is 13.3. The fourth-order valence-corrected chi connectivity index (χ4v) is 8.34. The van der Waals surface area contributed by atoms with E-state index in [1.54, 1.807) is 74.5 Å². The summed E-state index contributed by atoms with van der Waals surface area (Å²) in [6.07, 6.45) is -1.01. The second-order valence-electron chi connectivity index (χ2n) is 20.6. The first kappa shape index (κ1) is 66.8. The van der Waals surface area contributed by atoms with Gasteiger partial charge in [0.05, 0.1) is 32.7 Å². The zero-order chi connectivity index (χ0) is 60.8. The molecule has 13 amide bonds. The highest BCUT2D eigenvalue weighted by molar-refractivity contribution is 6.00. The van der Waals surface area contributed by atoms with Crippen LogP contribution in [0.1, 0.15) is 72.4 Å². The molecule has 9 atom stereocenters. The molecule has 3 rings (SSSR count). The number of hydrogen-bond acceptors (Lipinski definition) is 14. The van der Waals surface area contributed by atoms with Gasteiger partial charge in [-0.05, 0) is 50.2 Å². The molecule has 1 fully saturated rings. The largest absolute Gasteiger partial charge is 0.394 e. The van der Waals surface area contributed by atoms with E-state index < -0.39 is 170 Å². The standard InChI is InChI=1S/C54H79N13O14/c1-29(2)21-39-51(78)60-31(5)46(73)64-45(30(3)4)52(79)61-36(22-34-17-13-11-14-18-34)49(76)62-37(54(81)65(8)33(7)47(74)63-38(28-68)48(75)57-25-41(55)69)24-42(70)56-26-43(71)59-32(6)53(80)67(10)40(23-35-19-15-12-16-20-35)50(77)58-27-44(72)66(39)9/h11-20,29-33,36-40,45,68H,21-28H2,1-10H3,(H2,55,69)(H,56,70)(H,57,75)(H,58,77)(H,59,71)(H,60,78)(H,61,79)(H,62,76)(H,63,74)(H,64,73)/t31-,32-,33?,36-,37-,38?,39-,40-,45-/m0/s1. The van der Waals surface area contributed by atoms with Gasteiger partial charge in [0.15, 0.2) is 0 Å². The molecule has 12 N–H and O–H groups in total. The molecule has 0 saturated carbocycles. The van der Waals surface area contributed by atoms with Gasteiger partial charge >= 0.3 is 0 Å². The van der Waals surface area contributed by atoms with Crippen molar-refractivity contribution in [3.8, 4) is 0 Å². The van der Waals surface area contributed by atoms with Gasteiger partial charge < -0.3 is 73.4 Å². The van der Waals surface area contributed by atoms with Crippen LogP contribution in [0.4, 0.5) is 0 Å². The van der Waals surface area contributed by atoms with Gasteiger partial charge in [-0.2, -0.15) is 0 Å². The number of carbonyl (C=O) groups is 13. The number of aliphatic hydroxyl groups is 1. The van der Waals surface area contributed by atoms with Crippen molar-refractivity contribution in [1.29, 1.82) is 0 Å². The quantitative estimate of drug-likeness (QED) is 0.0807. The molecule has 81 heavy (non-hydrogen) atoms. The lowest BCUT2D eigenvalue weighted by atomic mass is 10.00. The number of carbonyl (C=O) groups excluding carboxylic acids is 13. The zero-order valence-corrected chi connectivity index (χ0v) is 47.5. The summed E-state index contributed by atoms with van der Waals surface area (Å²) >= 11 is 0. The Balaban J connectivity index is 2.12. The Bertz CT molecular complexity index is 2590. The molecule has 27 nitrogen and oxygen atoms in total. The van der Waals surface area contributed by atoms with Crippen LogP contribution in [0.25, 0.3) is 0 Å². The predicted octanol–water partition coefficient (Wildman–Crippen LogP) is -4.15. The van der Waals surface area contributed by atoms with Gasteiger partial charge in [0.25, 0.3) is 0 Å². The maximum atomic E-state index is 14.6. The second-order valence-corrected chi connectivity index (χ2v) is 20.6. The molecule has 0 bridgehead atoms. The van der Waals surface area contributed by atoms with E-state index in [0.29, 0.717) is 11.1 Å². The molecule has 0 radical (unpaired) electrons. The monoisotopic (exact) mass is 1130 g/mol. The summed E-state index contributed by atoms with van der Waals surface area (Å²) < 4.78 is 0. The first-order chi connectivity index (χ1) is 38.1. The Morgan fingerprint density at radius 3 is 1.81 bits per heavy atom. The number of rotatable bonds is 15. The van der Waals surface area contributed by atoms with E-state index >= 15 is 0 Å². The van der Waals surface area contributed by atoms with Gasteiger partial charge in [0.2, 0.25) is 76.8 Å². The summed E-state index contributed by atoms with van der Waals surface area (Å²) in [6, 6.07) is 4.16. The smallest absolute Gasteiger partial charge is 0.246 e. The number of likely N-dealkylation sites (N-methyl/N-ethyl adjacent to an activating group) is 3. The van der Waals surface area contributed by atoms with Crippen LogP contribution < -0.4 is 53.6 Å². The highest BCUT2D eigenvalue weighted by atomic mass is 16.3. The summed E-state index contributed by atoms with van der Waals surface area (Å²) in [5, 5.41) is 32.0. The molecule has 1 aliphatic rings. The van der Waals surface area contributed by atoms with E-state index in [1.165, 1.54) is 34.9 Å². The summed E-state index contributed by atoms with van der Waals surface area (Å²) in [7, 11) is 3.83. The first-order valence-corrected chi connectivity index (χ1v) is 26.5. The number of primary amides is 1. The van der Waals surface area contributed by atoms with Crippen molar-refractivity contribution in [3.05, 3.63) is 71.8 Å². The topological polar surface area (TPSA) is 386 Å². The Kier molecular flexibility index (Phi) is 26.3. The van der Waals surface area contributed by atoms with E-state index in [4.69, 9.17) is 5.73 Å². The summed E-state index contributed by atoms with van der Waals surface area (Å²) in [5.41, 5.74) is 6.24. The van der Waals surface area contributed by atoms with Gasteiger partial charge in [-0.25, -0.2) is 0 Å².